The van der Waals surface area contributed by atoms with Crippen LogP contribution in [0.25, 0.3) is 22.3 Å². The normalized spacial score (nSPS) is 10.7. The van der Waals surface area contributed by atoms with E-state index in [0.717, 1.165) is 6.07 Å². The van der Waals surface area contributed by atoms with Crippen molar-refractivity contribution in [2.75, 3.05) is 6.61 Å². The standard InChI is InChI=1S/C21H18O8/c1-2-19(25)29-20(26)7-8-27-14-5-3-12(4-6-14)17-11-16(24)21-15(23)9-13(22)10-18(21)28-17/h3-6,9-11,22-23H,2,7-8H2,1H3. The molecule has 2 aromatic carbocycles. The maximum absolute atomic E-state index is 12.3. The SMILES string of the molecule is CCC(=O)OC(=O)CCOc1ccc(-c2cc(=O)c3c(O)cc(O)cc3o2)cc1. The molecule has 150 valence electrons. The highest BCUT2D eigenvalue weighted by atomic mass is 16.6. The molecular formula is C21H18O8. The number of fused-ring (bicyclic) bond motifs is 1. The van der Waals surface area contributed by atoms with Gasteiger partial charge in [-0.15, -0.1) is 0 Å². The van der Waals surface area contributed by atoms with Crippen LogP contribution < -0.4 is 10.2 Å². The second-order valence-electron chi connectivity index (χ2n) is 6.14. The summed E-state index contributed by atoms with van der Waals surface area (Å²) in [6, 6.07) is 10.1. The molecule has 29 heavy (non-hydrogen) atoms. The maximum atomic E-state index is 12.3. The molecule has 0 saturated heterocycles. The van der Waals surface area contributed by atoms with Crippen LogP contribution in [0.4, 0.5) is 0 Å². The van der Waals surface area contributed by atoms with E-state index in [1.807, 2.05) is 0 Å². The van der Waals surface area contributed by atoms with E-state index in [9.17, 15) is 24.6 Å². The summed E-state index contributed by atoms with van der Waals surface area (Å²) in [4.78, 5) is 34.7. The molecule has 0 bridgehead atoms. The highest BCUT2D eigenvalue weighted by molar-refractivity contribution is 5.86. The maximum Gasteiger partial charge on any atom is 0.316 e. The lowest BCUT2D eigenvalue weighted by molar-refractivity contribution is -0.159. The average molecular weight is 398 g/mol. The molecule has 3 rings (SSSR count). The van der Waals surface area contributed by atoms with Gasteiger partial charge in [-0.2, -0.15) is 0 Å². The van der Waals surface area contributed by atoms with Crippen LogP contribution in [0.5, 0.6) is 17.2 Å². The van der Waals surface area contributed by atoms with Crippen molar-refractivity contribution < 1.29 is 33.7 Å². The van der Waals surface area contributed by atoms with E-state index >= 15 is 0 Å². The van der Waals surface area contributed by atoms with Crippen LogP contribution in [0, 0.1) is 0 Å². The van der Waals surface area contributed by atoms with Crippen molar-refractivity contribution in [2.45, 2.75) is 19.8 Å². The topological polar surface area (TPSA) is 123 Å². The molecule has 1 aromatic heterocycles. The van der Waals surface area contributed by atoms with E-state index in [1.54, 1.807) is 31.2 Å². The first-order chi connectivity index (χ1) is 13.9. The van der Waals surface area contributed by atoms with E-state index in [4.69, 9.17) is 9.15 Å². The number of benzene rings is 2. The third-order valence-electron chi connectivity index (χ3n) is 4.02. The fourth-order valence-corrected chi connectivity index (χ4v) is 2.61. The number of aromatic hydroxyl groups is 2. The smallest absolute Gasteiger partial charge is 0.316 e. The van der Waals surface area contributed by atoms with Crippen molar-refractivity contribution in [1.82, 2.24) is 0 Å². The zero-order chi connectivity index (χ0) is 21.0. The molecule has 0 aliphatic rings. The summed E-state index contributed by atoms with van der Waals surface area (Å²) < 4.78 is 15.6. The number of phenols is 2. The number of rotatable bonds is 6. The highest BCUT2D eigenvalue weighted by Gasteiger charge is 2.12. The number of esters is 2. The van der Waals surface area contributed by atoms with Gasteiger partial charge < -0.3 is 24.1 Å². The summed E-state index contributed by atoms with van der Waals surface area (Å²) in [6.07, 6.45) is 0.0538. The van der Waals surface area contributed by atoms with Crippen molar-refractivity contribution in [2.24, 2.45) is 0 Å². The Kier molecular flexibility index (Phi) is 5.82. The van der Waals surface area contributed by atoms with Crippen molar-refractivity contribution in [3.05, 3.63) is 52.7 Å². The Balaban J connectivity index is 1.71. The lowest BCUT2D eigenvalue weighted by atomic mass is 10.1. The molecule has 0 spiro atoms. The molecule has 0 fully saturated rings. The van der Waals surface area contributed by atoms with Crippen LogP contribution in [0.1, 0.15) is 19.8 Å². The molecule has 0 aliphatic heterocycles. The largest absolute Gasteiger partial charge is 0.508 e. The summed E-state index contributed by atoms with van der Waals surface area (Å²) in [7, 11) is 0. The van der Waals surface area contributed by atoms with Gasteiger partial charge in [0.05, 0.1) is 13.0 Å². The summed E-state index contributed by atoms with van der Waals surface area (Å²) in [5.74, 6) is -1.10. The second kappa shape index (κ2) is 8.47. The Morgan fingerprint density at radius 1 is 1.03 bits per heavy atom. The molecule has 0 radical (unpaired) electrons. The zero-order valence-electron chi connectivity index (χ0n) is 15.5. The van der Waals surface area contributed by atoms with Crippen molar-refractivity contribution in [3.8, 4) is 28.6 Å². The minimum absolute atomic E-state index is 0.0139. The van der Waals surface area contributed by atoms with Crippen LogP contribution in [-0.2, 0) is 14.3 Å². The number of ether oxygens (including phenoxy) is 2. The second-order valence-corrected chi connectivity index (χ2v) is 6.14. The van der Waals surface area contributed by atoms with E-state index in [0.29, 0.717) is 11.3 Å². The van der Waals surface area contributed by atoms with Gasteiger partial charge in [0.25, 0.3) is 0 Å². The minimum atomic E-state index is -0.655. The molecule has 0 unspecified atom stereocenters. The van der Waals surface area contributed by atoms with E-state index in [-0.39, 0.29) is 47.7 Å². The summed E-state index contributed by atoms with van der Waals surface area (Å²) in [5.41, 5.74) is 0.191. The van der Waals surface area contributed by atoms with Gasteiger partial charge in [0.15, 0.2) is 5.43 Å². The van der Waals surface area contributed by atoms with Gasteiger partial charge in [0.2, 0.25) is 0 Å². The van der Waals surface area contributed by atoms with Gasteiger partial charge in [0, 0.05) is 30.2 Å². The Morgan fingerprint density at radius 2 is 1.76 bits per heavy atom. The monoisotopic (exact) mass is 398 g/mol. The zero-order valence-corrected chi connectivity index (χ0v) is 15.5. The minimum Gasteiger partial charge on any atom is -0.508 e. The van der Waals surface area contributed by atoms with Crippen LogP contribution in [-0.4, -0.2) is 28.8 Å². The van der Waals surface area contributed by atoms with Crippen molar-refractivity contribution >= 4 is 22.9 Å². The van der Waals surface area contributed by atoms with Gasteiger partial charge in [-0.1, -0.05) is 6.92 Å². The van der Waals surface area contributed by atoms with Crippen LogP contribution in [0.2, 0.25) is 0 Å². The summed E-state index contributed by atoms with van der Waals surface area (Å²) >= 11 is 0. The van der Waals surface area contributed by atoms with Crippen LogP contribution >= 0.6 is 0 Å². The molecule has 3 aromatic rings. The predicted molar refractivity (Wildman–Crippen MR) is 103 cm³/mol. The van der Waals surface area contributed by atoms with Crippen LogP contribution in [0.15, 0.2) is 51.7 Å². The molecule has 8 heteroatoms. The molecule has 0 atom stereocenters. The van der Waals surface area contributed by atoms with Gasteiger partial charge in [0.1, 0.15) is 34.0 Å². The van der Waals surface area contributed by atoms with Gasteiger partial charge in [-0.3, -0.25) is 14.4 Å². The highest BCUT2D eigenvalue weighted by Crippen LogP contribution is 2.30. The van der Waals surface area contributed by atoms with Gasteiger partial charge >= 0.3 is 11.9 Å². The molecule has 0 aliphatic carbocycles. The fourth-order valence-electron chi connectivity index (χ4n) is 2.61. The first-order valence-corrected chi connectivity index (χ1v) is 8.84. The molecule has 8 nitrogen and oxygen atoms in total. The van der Waals surface area contributed by atoms with Gasteiger partial charge in [-0.05, 0) is 24.3 Å². The first kappa shape index (κ1) is 19.9. The molecule has 2 N–H and O–H groups in total. The number of hydrogen-bond donors (Lipinski definition) is 2. The first-order valence-electron chi connectivity index (χ1n) is 8.84. The van der Waals surface area contributed by atoms with E-state index in [1.165, 1.54) is 12.1 Å². The van der Waals surface area contributed by atoms with Gasteiger partial charge in [-0.25, -0.2) is 0 Å². The predicted octanol–water partition coefficient (Wildman–Crippen LogP) is 3.12. The quantitative estimate of drug-likeness (QED) is 0.480. The Bertz CT molecular complexity index is 1110. The number of carbonyl (C=O) groups is 2. The Morgan fingerprint density at radius 3 is 2.45 bits per heavy atom. The molecular weight excluding hydrogens is 380 g/mol. The lowest BCUT2D eigenvalue weighted by Crippen LogP contribution is -2.14. The number of phenolic OH excluding ortho intramolecular Hbond substituents is 2. The third kappa shape index (κ3) is 4.73. The average Bonchev–Trinajstić information content (AvgIpc) is 2.67. The fraction of sp³-hybridized carbons (Fsp3) is 0.190. The van der Waals surface area contributed by atoms with Crippen LogP contribution in [0.3, 0.4) is 0 Å². The molecule has 0 saturated carbocycles. The number of hydrogen-bond acceptors (Lipinski definition) is 8. The number of carbonyl (C=O) groups excluding carboxylic acids is 2. The third-order valence-corrected chi connectivity index (χ3v) is 4.02. The van der Waals surface area contributed by atoms with Crippen molar-refractivity contribution in [3.63, 3.8) is 0 Å². The molecule has 1 heterocycles. The van der Waals surface area contributed by atoms with E-state index in [2.05, 4.69) is 4.74 Å². The lowest BCUT2D eigenvalue weighted by Gasteiger charge is -2.08. The summed E-state index contributed by atoms with van der Waals surface area (Å²) in [5, 5.41) is 19.4. The Hall–Kier alpha value is -3.81. The summed E-state index contributed by atoms with van der Waals surface area (Å²) in [6.45, 7) is 1.63. The van der Waals surface area contributed by atoms with Crippen molar-refractivity contribution in [1.29, 1.82) is 0 Å². The molecule has 0 amide bonds. The Labute approximate surface area is 164 Å². The van der Waals surface area contributed by atoms with E-state index < -0.39 is 17.4 Å².